The molecule has 0 saturated carbocycles. The number of nitrogens with zero attached hydrogens (tertiary/aromatic N) is 6. The number of benzene rings is 2. The number of fused-ring (bicyclic) bond motifs is 1. The van der Waals surface area contributed by atoms with Gasteiger partial charge in [-0.25, -0.2) is 19.6 Å². The summed E-state index contributed by atoms with van der Waals surface area (Å²) in [6.07, 6.45) is 2.79. The molecule has 0 spiro atoms. The number of likely N-dealkylation sites (tertiary alicyclic amines) is 1. The summed E-state index contributed by atoms with van der Waals surface area (Å²) in [4.78, 5) is 80.5. The lowest BCUT2D eigenvalue weighted by atomic mass is 9.85. The Morgan fingerprint density at radius 2 is 1.51 bits per heavy atom. The second kappa shape index (κ2) is 27.5. The molecule has 0 bridgehead atoms. The Kier molecular flexibility index (Phi) is 20.5. The molecule has 1 aliphatic rings. The highest BCUT2D eigenvalue weighted by atomic mass is 32.1. The van der Waals surface area contributed by atoms with Gasteiger partial charge in [0.25, 0.3) is 11.5 Å². The number of aromatic nitrogens is 5. The molecule has 0 unspecified atom stereocenters. The van der Waals surface area contributed by atoms with Crippen molar-refractivity contribution in [3.63, 3.8) is 0 Å². The Morgan fingerprint density at radius 3 is 2.13 bits per heavy atom. The van der Waals surface area contributed by atoms with Crippen LogP contribution in [0.4, 0.5) is 5.69 Å². The minimum atomic E-state index is -0.815. The molecule has 6 aromatic rings. The number of rotatable bonds is 28. The van der Waals surface area contributed by atoms with Gasteiger partial charge in [0, 0.05) is 38.3 Å². The van der Waals surface area contributed by atoms with Gasteiger partial charge in [-0.15, -0.1) is 11.3 Å². The summed E-state index contributed by atoms with van der Waals surface area (Å²) in [7, 11) is 1.54. The van der Waals surface area contributed by atoms with Gasteiger partial charge in [-0.2, -0.15) is 5.10 Å². The van der Waals surface area contributed by atoms with Crippen LogP contribution < -0.4 is 26.2 Å². The number of ether oxygens (including phenoxy) is 6. The van der Waals surface area contributed by atoms with Crippen molar-refractivity contribution in [3.8, 4) is 27.8 Å². The number of hydrogen-bond acceptors (Lipinski definition) is 17. The second-order valence-electron chi connectivity index (χ2n) is 18.6. The number of pyridine rings is 1. The Hall–Kier alpha value is -6.95. The van der Waals surface area contributed by atoms with E-state index in [4.69, 9.17) is 32.8 Å². The van der Waals surface area contributed by atoms with E-state index in [0.29, 0.717) is 114 Å². The third-order valence-electron chi connectivity index (χ3n) is 11.9. The predicted octanol–water partition coefficient (Wildman–Crippen LogP) is 5.36. The maximum atomic E-state index is 13.9. The highest BCUT2D eigenvalue weighted by Crippen LogP contribution is 2.29. The van der Waals surface area contributed by atoms with Crippen LogP contribution in [0.25, 0.3) is 33.1 Å². The van der Waals surface area contributed by atoms with Crippen molar-refractivity contribution < 1.29 is 52.0 Å². The smallest absolute Gasteiger partial charge is 0.274 e. The van der Waals surface area contributed by atoms with Crippen LogP contribution in [-0.2, 0) is 51.7 Å². The van der Waals surface area contributed by atoms with Crippen LogP contribution in [0.1, 0.15) is 61.8 Å². The van der Waals surface area contributed by atoms with E-state index >= 15 is 0 Å². The van der Waals surface area contributed by atoms with Gasteiger partial charge in [0.2, 0.25) is 23.6 Å². The topological polar surface area (TPSA) is 250 Å². The molecule has 0 aliphatic carbocycles. The van der Waals surface area contributed by atoms with Crippen molar-refractivity contribution in [1.29, 1.82) is 0 Å². The van der Waals surface area contributed by atoms with Gasteiger partial charge >= 0.3 is 0 Å². The summed E-state index contributed by atoms with van der Waals surface area (Å²) < 4.78 is 40.5. The fourth-order valence-electron chi connectivity index (χ4n) is 7.90. The number of oxazole rings is 1. The average Bonchev–Trinajstić information content (AvgIpc) is 4.18. The summed E-state index contributed by atoms with van der Waals surface area (Å²) >= 11 is 1.59. The third-order valence-corrected chi connectivity index (χ3v) is 12.9. The summed E-state index contributed by atoms with van der Waals surface area (Å²) in [6.45, 7) is 12.1. The van der Waals surface area contributed by atoms with Gasteiger partial charge in [0.15, 0.2) is 5.58 Å². The Labute approximate surface area is 438 Å². The summed E-state index contributed by atoms with van der Waals surface area (Å²) in [5.41, 5.74) is 6.11. The largest absolute Gasteiger partial charge is 0.490 e. The lowest BCUT2D eigenvalue weighted by molar-refractivity contribution is -0.144. The van der Waals surface area contributed by atoms with Crippen molar-refractivity contribution in [2.24, 2.45) is 12.5 Å². The number of amides is 4. The zero-order valence-corrected chi connectivity index (χ0v) is 43.8. The maximum Gasteiger partial charge on any atom is 0.274 e. The second-order valence-corrected chi connectivity index (χ2v) is 19.5. The molecule has 22 heteroatoms. The lowest BCUT2D eigenvalue weighted by Crippen LogP contribution is -2.57. The normalized spacial score (nSPS) is 14.0. The highest BCUT2D eigenvalue weighted by molar-refractivity contribution is 7.13. The Bertz CT molecular complexity index is 2880. The van der Waals surface area contributed by atoms with Gasteiger partial charge in [-0.1, -0.05) is 45.0 Å². The number of thiazole rings is 1. The van der Waals surface area contributed by atoms with Crippen LogP contribution in [-0.4, -0.2) is 145 Å². The summed E-state index contributed by atoms with van der Waals surface area (Å²) in [5.74, 6) is -0.465. The highest BCUT2D eigenvalue weighted by Gasteiger charge is 2.41. The van der Waals surface area contributed by atoms with E-state index in [0.717, 1.165) is 21.7 Å². The number of hydrogen-bond donors (Lipinski definition) is 3. The van der Waals surface area contributed by atoms with E-state index in [1.165, 1.54) is 23.0 Å². The SMILES string of the molecule is Cc1ncsc1-c1ccc(CNC(=O)[C@H]2CCCN2C(=O)[C@H](NC(=O)CCOCCOCCOCCOCCOCCOc2ccc(C(=O)Nc3ccc4oc(-c5ccc(=O)n(C)n5)nc4c3)nc2)C(C)(C)C)cc1. The van der Waals surface area contributed by atoms with Crippen molar-refractivity contribution in [1.82, 2.24) is 40.3 Å². The van der Waals surface area contributed by atoms with Crippen LogP contribution in [0.15, 0.2) is 87.6 Å². The molecule has 2 aromatic carbocycles. The number of aryl methyl sites for hydroxylation is 2. The molecule has 7 rings (SSSR count). The van der Waals surface area contributed by atoms with Gasteiger partial charge in [0.1, 0.15) is 41.3 Å². The zero-order chi connectivity index (χ0) is 53.2. The predicted molar refractivity (Wildman–Crippen MR) is 279 cm³/mol. The zero-order valence-electron chi connectivity index (χ0n) is 43.0. The van der Waals surface area contributed by atoms with Crippen molar-refractivity contribution >= 4 is 51.8 Å². The first-order chi connectivity index (χ1) is 36.2. The molecule has 21 nitrogen and oxygen atoms in total. The quantitative estimate of drug-likeness (QED) is 0.0524. The van der Waals surface area contributed by atoms with Crippen LogP contribution in [0, 0.1) is 12.3 Å². The van der Waals surface area contributed by atoms with E-state index in [1.807, 2.05) is 57.5 Å². The van der Waals surface area contributed by atoms with Gasteiger partial charge in [0.05, 0.1) is 88.3 Å². The standard InChI is InChI=1S/C53H65N9O12S/c1-35-47(75-34-56-35)37-10-8-36(9-11-37)32-55-50(66)43-7-6-19-62(43)52(67)48(53(2,3)4)59-45(63)18-20-68-21-22-69-23-24-70-25-26-71-27-28-72-29-30-73-39-13-14-40(54-33-39)49(65)57-38-12-16-44-42(31-38)58-51(74-44)41-15-17-46(64)61(5)60-41/h8-17,31,33-34,43,48H,6-7,18-30,32H2,1-5H3,(H,55,66)(H,57,65)(H,59,63)/t43-,48+/m1/s1. The maximum absolute atomic E-state index is 13.9. The fourth-order valence-corrected chi connectivity index (χ4v) is 8.71. The van der Waals surface area contributed by atoms with Crippen LogP contribution in [0.5, 0.6) is 5.75 Å². The van der Waals surface area contributed by atoms with E-state index < -0.39 is 23.4 Å². The first-order valence-electron chi connectivity index (χ1n) is 24.8. The molecule has 75 heavy (non-hydrogen) atoms. The van der Waals surface area contributed by atoms with Gasteiger partial charge < -0.3 is 53.7 Å². The van der Waals surface area contributed by atoms with E-state index in [-0.39, 0.29) is 54.5 Å². The van der Waals surface area contributed by atoms with E-state index in [9.17, 15) is 24.0 Å². The molecule has 1 fully saturated rings. The molecular formula is C53H65N9O12S. The number of nitrogens with one attached hydrogen (secondary N) is 3. The van der Waals surface area contributed by atoms with Crippen molar-refractivity contribution in [2.75, 3.05) is 84.5 Å². The lowest BCUT2D eigenvalue weighted by Gasteiger charge is -2.35. The molecule has 3 N–H and O–H groups in total. The third kappa shape index (κ3) is 16.5. The summed E-state index contributed by atoms with van der Waals surface area (Å²) in [6, 6.07) is 17.8. The molecule has 400 valence electrons. The molecule has 4 amide bonds. The van der Waals surface area contributed by atoms with Crippen LogP contribution in [0.3, 0.4) is 0 Å². The molecular weight excluding hydrogens is 987 g/mol. The first-order valence-corrected chi connectivity index (χ1v) is 25.7. The minimum Gasteiger partial charge on any atom is -0.490 e. The molecule has 4 aromatic heterocycles. The number of carbonyl (C=O) groups excluding carboxylic acids is 4. The van der Waals surface area contributed by atoms with Crippen molar-refractivity contribution in [3.05, 3.63) is 106 Å². The molecule has 1 aliphatic heterocycles. The molecule has 2 atom stereocenters. The number of anilines is 1. The van der Waals surface area contributed by atoms with Gasteiger partial charge in [-0.05, 0) is 72.7 Å². The van der Waals surface area contributed by atoms with E-state index in [1.54, 1.807) is 53.6 Å². The minimum absolute atomic E-state index is 0.0688. The summed E-state index contributed by atoms with van der Waals surface area (Å²) in [5, 5.41) is 12.9. The Morgan fingerprint density at radius 1 is 0.827 bits per heavy atom. The van der Waals surface area contributed by atoms with E-state index in [2.05, 4.69) is 36.0 Å². The average molecular weight is 1050 g/mol. The first kappa shape index (κ1) is 55.8. The molecule has 0 radical (unpaired) electrons. The molecule has 5 heterocycles. The monoisotopic (exact) mass is 1050 g/mol. The molecule has 1 saturated heterocycles. The van der Waals surface area contributed by atoms with Crippen LogP contribution in [0.2, 0.25) is 0 Å². The number of carbonyl (C=O) groups is 4. The fraction of sp³-hybridized carbons (Fsp3) is 0.453. The van der Waals surface area contributed by atoms with Crippen LogP contribution >= 0.6 is 11.3 Å². The van der Waals surface area contributed by atoms with Gasteiger partial charge in [-0.3, -0.25) is 24.0 Å². The Balaban J connectivity index is 0.666. The van der Waals surface area contributed by atoms with Crippen molar-refractivity contribution in [2.45, 2.75) is 65.6 Å².